The van der Waals surface area contributed by atoms with Gasteiger partial charge in [-0.1, -0.05) is 12.8 Å². The molecule has 0 aromatic heterocycles. The van der Waals surface area contributed by atoms with Crippen LogP contribution in [0.1, 0.15) is 37.7 Å². The molecule has 4 N–H and O–H groups in total. The van der Waals surface area contributed by atoms with Crippen molar-refractivity contribution in [1.29, 1.82) is 0 Å². The molecule has 1 heterocycles. The fraction of sp³-hybridized carbons (Fsp3) is 0.467. The van der Waals surface area contributed by atoms with E-state index in [1.165, 1.54) is 0 Å². The molecule has 1 aromatic carbocycles. The summed E-state index contributed by atoms with van der Waals surface area (Å²) in [7, 11) is 0. The Morgan fingerprint density at radius 2 is 2.00 bits per heavy atom. The Hall–Kier alpha value is -1.88. The second kappa shape index (κ2) is 4.90. The van der Waals surface area contributed by atoms with Gasteiger partial charge >= 0.3 is 0 Å². The highest BCUT2D eigenvalue weighted by Crippen LogP contribution is 2.30. The van der Waals surface area contributed by atoms with Crippen LogP contribution in [0, 0.1) is 0 Å². The molecule has 2 aliphatic rings. The zero-order chi connectivity index (χ0) is 14.2. The van der Waals surface area contributed by atoms with Gasteiger partial charge in [-0.15, -0.1) is 0 Å². The van der Waals surface area contributed by atoms with Crippen molar-refractivity contribution in [2.24, 2.45) is 5.73 Å². The third kappa shape index (κ3) is 2.41. The van der Waals surface area contributed by atoms with Crippen LogP contribution in [-0.2, 0) is 16.0 Å². The zero-order valence-corrected chi connectivity index (χ0v) is 11.4. The van der Waals surface area contributed by atoms with Gasteiger partial charge in [0.1, 0.15) is 0 Å². The van der Waals surface area contributed by atoms with Crippen LogP contribution in [-0.4, -0.2) is 17.4 Å². The molecule has 1 fully saturated rings. The van der Waals surface area contributed by atoms with Crippen LogP contribution in [0.4, 0.5) is 11.4 Å². The van der Waals surface area contributed by atoms with E-state index in [-0.39, 0.29) is 11.8 Å². The lowest BCUT2D eigenvalue weighted by Gasteiger charge is -2.23. The maximum absolute atomic E-state index is 12.3. The van der Waals surface area contributed by atoms with Crippen LogP contribution in [0.2, 0.25) is 0 Å². The summed E-state index contributed by atoms with van der Waals surface area (Å²) in [4.78, 5) is 23.6. The predicted octanol–water partition coefficient (Wildman–Crippen LogP) is 1.78. The van der Waals surface area contributed by atoms with E-state index in [0.29, 0.717) is 12.8 Å². The van der Waals surface area contributed by atoms with Crippen molar-refractivity contribution in [2.45, 2.75) is 44.1 Å². The minimum Gasteiger partial charge on any atom is -0.326 e. The highest BCUT2D eigenvalue weighted by atomic mass is 16.2. The summed E-state index contributed by atoms with van der Waals surface area (Å²) in [5.41, 5.74) is 8.06. The van der Waals surface area contributed by atoms with E-state index in [9.17, 15) is 9.59 Å². The van der Waals surface area contributed by atoms with Gasteiger partial charge in [0.25, 0.3) is 0 Å². The quantitative estimate of drug-likeness (QED) is 0.768. The number of hydrogen-bond donors (Lipinski definition) is 3. The SMILES string of the molecule is NC1(C(=O)Nc2ccc3c(c2)CCC(=O)N3)CCCC1. The normalized spacial score (nSPS) is 20.1. The number of carbonyl (C=O) groups excluding carboxylic acids is 2. The molecule has 106 valence electrons. The largest absolute Gasteiger partial charge is 0.326 e. The summed E-state index contributed by atoms with van der Waals surface area (Å²) < 4.78 is 0. The molecular weight excluding hydrogens is 254 g/mol. The van der Waals surface area contributed by atoms with Crippen LogP contribution in [0.5, 0.6) is 0 Å². The summed E-state index contributed by atoms with van der Waals surface area (Å²) in [5.74, 6) is -0.0593. The average molecular weight is 273 g/mol. The fourth-order valence-corrected chi connectivity index (χ4v) is 2.95. The molecule has 20 heavy (non-hydrogen) atoms. The fourth-order valence-electron chi connectivity index (χ4n) is 2.95. The number of hydrogen-bond acceptors (Lipinski definition) is 3. The van der Waals surface area contributed by atoms with Crippen molar-refractivity contribution < 1.29 is 9.59 Å². The summed E-state index contributed by atoms with van der Waals surface area (Å²) in [6.07, 6.45) is 4.73. The van der Waals surface area contributed by atoms with Crippen LogP contribution < -0.4 is 16.4 Å². The van der Waals surface area contributed by atoms with Gasteiger partial charge in [-0.25, -0.2) is 0 Å². The first kappa shape index (κ1) is 13.1. The highest BCUT2D eigenvalue weighted by Gasteiger charge is 2.37. The molecule has 1 aliphatic carbocycles. The minimum atomic E-state index is -0.718. The smallest absolute Gasteiger partial charge is 0.244 e. The van der Waals surface area contributed by atoms with E-state index in [2.05, 4.69) is 10.6 Å². The summed E-state index contributed by atoms with van der Waals surface area (Å²) in [6, 6.07) is 5.56. The van der Waals surface area contributed by atoms with E-state index < -0.39 is 5.54 Å². The maximum Gasteiger partial charge on any atom is 0.244 e. The highest BCUT2D eigenvalue weighted by molar-refractivity contribution is 5.99. The lowest BCUT2D eigenvalue weighted by Crippen LogP contribution is -2.48. The summed E-state index contributed by atoms with van der Waals surface area (Å²) >= 11 is 0. The molecule has 5 nitrogen and oxygen atoms in total. The number of nitrogens with two attached hydrogens (primary N) is 1. The molecular formula is C15H19N3O2. The Labute approximate surface area is 117 Å². The van der Waals surface area contributed by atoms with Gasteiger partial charge in [0, 0.05) is 17.8 Å². The second-order valence-electron chi connectivity index (χ2n) is 5.74. The molecule has 1 saturated carbocycles. The van der Waals surface area contributed by atoms with E-state index in [1.807, 2.05) is 12.1 Å². The first-order valence-electron chi connectivity index (χ1n) is 7.10. The number of anilines is 2. The first-order valence-corrected chi connectivity index (χ1v) is 7.10. The van der Waals surface area contributed by atoms with Gasteiger partial charge in [0.2, 0.25) is 11.8 Å². The molecule has 0 saturated heterocycles. The Morgan fingerprint density at radius 3 is 2.75 bits per heavy atom. The number of aryl methyl sites for hydroxylation is 1. The van der Waals surface area contributed by atoms with Crippen LogP contribution >= 0.6 is 0 Å². The number of nitrogens with one attached hydrogen (secondary N) is 2. The Kier molecular flexibility index (Phi) is 3.22. The van der Waals surface area contributed by atoms with Crippen LogP contribution in [0.15, 0.2) is 18.2 Å². The Morgan fingerprint density at radius 1 is 1.25 bits per heavy atom. The van der Waals surface area contributed by atoms with E-state index in [4.69, 9.17) is 5.73 Å². The van der Waals surface area contributed by atoms with E-state index in [1.54, 1.807) is 6.07 Å². The van der Waals surface area contributed by atoms with E-state index in [0.717, 1.165) is 42.6 Å². The molecule has 0 bridgehead atoms. The number of benzene rings is 1. The molecule has 3 rings (SSSR count). The number of rotatable bonds is 2. The molecule has 1 aliphatic heterocycles. The topological polar surface area (TPSA) is 84.2 Å². The summed E-state index contributed by atoms with van der Waals surface area (Å²) in [6.45, 7) is 0. The van der Waals surface area contributed by atoms with Crippen molar-refractivity contribution in [1.82, 2.24) is 0 Å². The van der Waals surface area contributed by atoms with Gasteiger partial charge in [-0.3, -0.25) is 9.59 Å². The van der Waals surface area contributed by atoms with Gasteiger partial charge < -0.3 is 16.4 Å². The zero-order valence-electron chi connectivity index (χ0n) is 11.4. The molecule has 1 aromatic rings. The average Bonchev–Trinajstić information content (AvgIpc) is 2.87. The predicted molar refractivity (Wildman–Crippen MR) is 77.4 cm³/mol. The van der Waals surface area contributed by atoms with Crippen molar-refractivity contribution in [3.05, 3.63) is 23.8 Å². The van der Waals surface area contributed by atoms with Gasteiger partial charge in [0.05, 0.1) is 5.54 Å². The van der Waals surface area contributed by atoms with Crippen molar-refractivity contribution in [3.8, 4) is 0 Å². The lowest BCUT2D eigenvalue weighted by molar-refractivity contribution is -0.121. The Bertz CT molecular complexity index is 562. The van der Waals surface area contributed by atoms with Crippen LogP contribution in [0.3, 0.4) is 0 Å². The van der Waals surface area contributed by atoms with E-state index >= 15 is 0 Å². The van der Waals surface area contributed by atoms with Crippen LogP contribution in [0.25, 0.3) is 0 Å². The maximum atomic E-state index is 12.3. The minimum absolute atomic E-state index is 0.0427. The third-order valence-electron chi connectivity index (χ3n) is 4.21. The van der Waals surface area contributed by atoms with Gasteiger partial charge in [0.15, 0.2) is 0 Å². The van der Waals surface area contributed by atoms with Gasteiger partial charge in [-0.05, 0) is 43.0 Å². The number of amides is 2. The Balaban J connectivity index is 1.75. The standard InChI is InChI=1S/C15H19N3O2/c16-15(7-1-2-8-15)14(20)17-11-4-5-12-10(9-11)3-6-13(19)18-12/h4-5,9H,1-3,6-8,16H2,(H,17,20)(H,18,19). The third-order valence-corrected chi connectivity index (χ3v) is 4.21. The van der Waals surface area contributed by atoms with Gasteiger partial charge in [-0.2, -0.15) is 0 Å². The first-order chi connectivity index (χ1) is 9.57. The van der Waals surface area contributed by atoms with Crippen molar-refractivity contribution in [2.75, 3.05) is 10.6 Å². The molecule has 5 heteroatoms. The monoisotopic (exact) mass is 273 g/mol. The van der Waals surface area contributed by atoms with Crippen molar-refractivity contribution in [3.63, 3.8) is 0 Å². The number of carbonyl (C=O) groups is 2. The molecule has 2 amide bonds. The summed E-state index contributed by atoms with van der Waals surface area (Å²) in [5, 5.41) is 5.74. The lowest BCUT2D eigenvalue weighted by atomic mass is 9.97. The molecule has 0 spiro atoms. The molecule has 0 atom stereocenters. The molecule has 0 unspecified atom stereocenters. The number of fused-ring (bicyclic) bond motifs is 1. The van der Waals surface area contributed by atoms with Crippen molar-refractivity contribution >= 4 is 23.2 Å². The second-order valence-corrected chi connectivity index (χ2v) is 5.74. The molecule has 0 radical (unpaired) electrons.